The van der Waals surface area contributed by atoms with E-state index in [2.05, 4.69) is 15.2 Å². The van der Waals surface area contributed by atoms with E-state index < -0.39 is 46.2 Å². The molecule has 1 atom stereocenters. The van der Waals surface area contributed by atoms with Crippen molar-refractivity contribution in [1.29, 1.82) is 0 Å². The van der Waals surface area contributed by atoms with E-state index in [0.29, 0.717) is 41.2 Å². The fourth-order valence-electron chi connectivity index (χ4n) is 5.16. The Bertz CT molecular complexity index is 1450. The van der Waals surface area contributed by atoms with Crippen LogP contribution >= 0.6 is 0 Å². The first-order valence-corrected chi connectivity index (χ1v) is 13.2. The number of carbonyl (C=O) groups excluding carboxylic acids is 1. The third kappa shape index (κ3) is 6.23. The lowest BCUT2D eigenvalue weighted by Gasteiger charge is -2.36. The van der Waals surface area contributed by atoms with Crippen molar-refractivity contribution in [3.8, 4) is 11.1 Å². The average molecular weight is 597 g/mol. The van der Waals surface area contributed by atoms with Crippen molar-refractivity contribution in [3.05, 3.63) is 76.7 Å². The van der Waals surface area contributed by atoms with Gasteiger partial charge in [-0.25, -0.2) is 9.37 Å². The van der Waals surface area contributed by atoms with Crippen molar-refractivity contribution < 1.29 is 35.5 Å². The number of nitrogens with one attached hydrogen (secondary N) is 1. The minimum atomic E-state index is -5.06. The second-order valence-electron chi connectivity index (χ2n) is 11.0. The lowest BCUT2D eigenvalue weighted by molar-refractivity contribution is -0.143. The van der Waals surface area contributed by atoms with E-state index in [1.807, 2.05) is 6.92 Å². The molecule has 1 fully saturated rings. The Labute approximate surface area is 239 Å². The first-order chi connectivity index (χ1) is 19.4. The number of hydrogen-bond donors (Lipinski definition) is 1. The van der Waals surface area contributed by atoms with Crippen LogP contribution in [0, 0.1) is 12.7 Å². The Hall–Kier alpha value is -3.67. The lowest BCUT2D eigenvalue weighted by Crippen LogP contribution is -2.50. The molecule has 2 heterocycles. The number of aromatic nitrogens is 1. The molecule has 0 bridgehead atoms. The Kier molecular flexibility index (Phi) is 8.34. The zero-order chi connectivity index (χ0) is 31.2. The molecule has 226 valence electrons. The predicted molar refractivity (Wildman–Crippen MR) is 147 cm³/mol. The van der Waals surface area contributed by atoms with Crippen LogP contribution in [0.15, 0.2) is 48.7 Å². The van der Waals surface area contributed by atoms with Crippen molar-refractivity contribution in [1.82, 2.24) is 10.3 Å². The van der Waals surface area contributed by atoms with Crippen LogP contribution in [0.25, 0.3) is 11.1 Å². The first-order valence-electron chi connectivity index (χ1n) is 13.2. The third-order valence-electron chi connectivity index (χ3n) is 7.65. The number of amides is 1. The summed E-state index contributed by atoms with van der Waals surface area (Å²) in [7, 11) is 1.38. The van der Waals surface area contributed by atoms with Crippen molar-refractivity contribution in [2.45, 2.75) is 51.5 Å². The van der Waals surface area contributed by atoms with Gasteiger partial charge in [0, 0.05) is 38.3 Å². The molecular weight excluding hydrogens is 565 g/mol. The molecule has 2 aromatic carbocycles. The van der Waals surface area contributed by atoms with Gasteiger partial charge in [-0.05, 0) is 80.8 Å². The maximum Gasteiger partial charge on any atom is 0.416 e. The molecule has 0 saturated carbocycles. The van der Waals surface area contributed by atoms with Gasteiger partial charge in [0.25, 0.3) is 0 Å². The number of piperazine rings is 1. The Morgan fingerprint density at radius 2 is 1.55 bits per heavy atom. The number of rotatable bonds is 5. The van der Waals surface area contributed by atoms with Gasteiger partial charge in [0.15, 0.2) is 0 Å². The van der Waals surface area contributed by atoms with Crippen LogP contribution in [-0.4, -0.2) is 43.6 Å². The highest BCUT2D eigenvalue weighted by Gasteiger charge is 2.41. The minimum Gasteiger partial charge on any atom is -0.351 e. The van der Waals surface area contributed by atoms with Crippen LogP contribution in [0.5, 0.6) is 0 Å². The molecule has 1 N–H and O–H groups in total. The largest absolute Gasteiger partial charge is 0.416 e. The molecule has 1 amide bonds. The Balaban J connectivity index is 1.83. The smallest absolute Gasteiger partial charge is 0.351 e. The Morgan fingerprint density at radius 3 is 2.10 bits per heavy atom. The molecule has 1 aliphatic rings. The molecule has 0 radical (unpaired) electrons. The van der Waals surface area contributed by atoms with Gasteiger partial charge in [0.05, 0.1) is 28.4 Å². The molecule has 4 rings (SSSR count). The highest BCUT2D eigenvalue weighted by molar-refractivity contribution is 6.03. The van der Waals surface area contributed by atoms with Gasteiger partial charge in [-0.3, -0.25) is 4.79 Å². The van der Waals surface area contributed by atoms with Crippen molar-refractivity contribution in [2.24, 2.45) is 0 Å². The van der Waals surface area contributed by atoms with E-state index in [0.717, 1.165) is 13.1 Å². The first kappa shape index (κ1) is 31.3. The quantitative estimate of drug-likeness (QED) is 0.323. The van der Waals surface area contributed by atoms with Crippen molar-refractivity contribution >= 4 is 17.4 Å². The van der Waals surface area contributed by atoms with Gasteiger partial charge in [0.1, 0.15) is 11.6 Å². The van der Waals surface area contributed by atoms with Crippen molar-refractivity contribution in [3.63, 3.8) is 0 Å². The second kappa shape index (κ2) is 11.2. The van der Waals surface area contributed by atoms with Crippen LogP contribution < -0.4 is 15.1 Å². The molecule has 42 heavy (non-hydrogen) atoms. The molecule has 1 aliphatic heterocycles. The molecular formula is C30H31F7N4O. The summed E-state index contributed by atoms with van der Waals surface area (Å²) in [5, 5.41) is 3.29. The average Bonchev–Trinajstić information content (AvgIpc) is 2.91. The van der Waals surface area contributed by atoms with Crippen LogP contribution in [0.4, 0.5) is 42.2 Å². The number of hydrogen-bond acceptors (Lipinski definition) is 4. The van der Waals surface area contributed by atoms with E-state index in [9.17, 15) is 35.5 Å². The SMILES string of the molecule is Cc1cc(F)ccc1-c1cc(N2CCNC[C@H]2C)ncc1N(C)C(=O)C(C)(C)c1cc(C(F)(F)F)cc(C(F)(F)F)c1. The van der Waals surface area contributed by atoms with Crippen LogP contribution in [-0.2, 0) is 22.6 Å². The standard InChI is InChI=1S/C30H31F7N4O/c1-17-10-22(31)6-7-23(17)24-14-26(41-9-8-38-15-18(41)2)39-16-25(24)40(5)27(42)28(3,4)19-11-20(29(32,33)34)13-21(12-19)30(35,36)37/h6-7,10-14,16,18,38H,8-9,15H2,1-5H3/t18-/m1/s1. The van der Waals surface area contributed by atoms with E-state index in [-0.39, 0.29) is 17.8 Å². The number of halogens is 7. The van der Waals surface area contributed by atoms with Gasteiger partial charge in [-0.2, -0.15) is 26.3 Å². The van der Waals surface area contributed by atoms with Crippen LogP contribution in [0.1, 0.15) is 43.0 Å². The van der Waals surface area contributed by atoms with Gasteiger partial charge in [-0.1, -0.05) is 6.07 Å². The predicted octanol–water partition coefficient (Wildman–Crippen LogP) is 6.97. The number of anilines is 2. The molecule has 0 spiro atoms. The fraction of sp³-hybridized carbons (Fsp3) is 0.400. The summed E-state index contributed by atoms with van der Waals surface area (Å²) in [4.78, 5) is 21.7. The monoisotopic (exact) mass is 596 g/mol. The molecule has 1 aromatic heterocycles. The summed E-state index contributed by atoms with van der Waals surface area (Å²) in [5.74, 6) is -0.612. The Morgan fingerprint density at radius 1 is 0.952 bits per heavy atom. The highest BCUT2D eigenvalue weighted by atomic mass is 19.4. The van der Waals surface area contributed by atoms with Gasteiger partial charge >= 0.3 is 12.4 Å². The number of benzene rings is 2. The van der Waals surface area contributed by atoms with Crippen LogP contribution in [0.3, 0.4) is 0 Å². The topological polar surface area (TPSA) is 48.5 Å². The summed E-state index contributed by atoms with van der Waals surface area (Å²) < 4.78 is 95.4. The number of carbonyl (C=O) groups is 1. The molecule has 3 aromatic rings. The fourth-order valence-corrected chi connectivity index (χ4v) is 5.16. The lowest BCUT2D eigenvalue weighted by atomic mass is 9.81. The zero-order valence-electron chi connectivity index (χ0n) is 23.7. The highest BCUT2D eigenvalue weighted by Crippen LogP contribution is 2.41. The van der Waals surface area contributed by atoms with Crippen LogP contribution in [0.2, 0.25) is 0 Å². The number of likely N-dealkylation sites (N-methyl/N-ethyl adjacent to an activating group) is 1. The van der Waals surface area contributed by atoms with E-state index in [4.69, 9.17) is 0 Å². The number of aryl methyl sites for hydroxylation is 1. The summed E-state index contributed by atoms with van der Waals surface area (Å²) in [6.45, 7) is 8.37. The summed E-state index contributed by atoms with van der Waals surface area (Å²) >= 11 is 0. The molecule has 1 saturated heterocycles. The summed E-state index contributed by atoms with van der Waals surface area (Å²) in [6.07, 6.45) is -8.67. The molecule has 12 heteroatoms. The summed E-state index contributed by atoms with van der Waals surface area (Å²) in [6, 6.07) is 7.19. The van der Waals surface area contributed by atoms with Gasteiger partial charge in [-0.15, -0.1) is 0 Å². The van der Waals surface area contributed by atoms with Crippen molar-refractivity contribution in [2.75, 3.05) is 36.5 Å². The third-order valence-corrected chi connectivity index (χ3v) is 7.65. The number of alkyl halides is 6. The van der Waals surface area contributed by atoms with Gasteiger partial charge in [0.2, 0.25) is 5.91 Å². The van der Waals surface area contributed by atoms with Gasteiger partial charge < -0.3 is 15.1 Å². The van der Waals surface area contributed by atoms with E-state index in [1.54, 1.807) is 19.1 Å². The van der Waals surface area contributed by atoms with E-state index in [1.165, 1.54) is 44.1 Å². The number of nitrogens with zero attached hydrogens (tertiary/aromatic N) is 3. The van der Waals surface area contributed by atoms with E-state index >= 15 is 0 Å². The minimum absolute atomic E-state index is 0.0307. The normalized spacial score (nSPS) is 16.5. The molecule has 0 unspecified atom stereocenters. The maximum atomic E-state index is 14.0. The molecule has 5 nitrogen and oxygen atoms in total. The molecule has 0 aliphatic carbocycles. The zero-order valence-corrected chi connectivity index (χ0v) is 23.7. The second-order valence-corrected chi connectivity index (χ2v) is 11.0. The number of pyridine rings is 1. The maximum absolute atomic E-state index is 14.0. The summed E-state index contributed by atoms with van der Waals surface area (Å²) in [5.41, 5.74) is -3.34.